The Hall–Kier alpha value is -0.820. The first-order valence-electron chi connectivity index (χ1n) is 8.01. The van der Waals surface area contributed by atoms with Gasteiger partial charge in [-0.2, -0.15) is 13.2 Å². The van der Waals surface area contributed by atoms with E-state index < -0.39 is 23.2 Å². The Morgan fingerprint density at radius 3 is 2.60 bits per heavy atom. The largest absolute Gasteiger partial charge is 0.411 e. The molecule has 126 valence electrons. The third-order valence-corrected chi connectivity index (χ3v) is 4.79. The molecule has 0 bridgehead atoms. The summed E-state index contributed by atoms with van der Waals surface area (Å²) in [6.07, 6.45) is -0.0808. The molecule has 0 fully saturated rings. The zero-order valence-corrected chi connectivity index (χ0v) is 15.2. The first-order valence-corrected chi connectivity index (χ1v) is 8.74. The number of ether oxygens (including phenoxy) is 1. The van der Waals surface area contributed by atoms with E-state index in [0.29, 0.717) is 12.8 Å². The highest BCUT2D eigenvalue weighted by molar-refractivity contribution is 6.99. The normalized spacial score (nSPS) is 20.2. The molecule has 0 spiro atoms. The second-order valence-corrected chi connectivity index (χ2v) is 6.84. The van der Waals surface area contributed by atoms with E-state index in [-0.39, 0.29) is 23.6 Å². The number of rotatable bonds is 7. The Labute approximate surface area is 156 Å². The quantitative estimate of drug-likeness (QED) is 0.551. The molecule has 0 saturated heterocycles. The van der Waals surface area contributed by atoms with Crippen molar-refractivity contribution in [3.05, 3.63) is 11.8 Å². The van der Waals surface area contributed by atoms with Crippen molar-refractivity contribution in [3.8, 4) is 5.88 Å². The number of hydrogen-bond acceptors (Lipinski definition) is 5. The Bertz CT molecular complexity index is 639. The average molecular weight is 357 g/mol. The van der Waals surface area contributed by atoms with Crippen LogP contribution in [-0.4, -0.2) is 68.9 Å². The molecule has 0 unspecified atom stereocenters. The van der Waals surface area contributed by atoms with E-state index in [1.54, 1.807) is 13.1 Å². The fourth-order valence-electron chi connectivity index (χ4n) is 2.56. The molecule has 25 heavy (non-hydrogen) atoms. The lowest BCUT2D eigenvalue weighted by Gasteiger charge is -2.52. The SMILES string of the molecule is [B]C1([B])CC=C(c2nsnc2OC(F)(F)CCCCC)C([B])([B])N1C. The third-order valence-electron chi connectivity index (χ3n) is 4.28. The summed E-state index contributed by atoms with van der Waals surface area (Å²) in [5, 5.41) is -2.87. The van der Waals surface area contributed by atoms with Crippen LogP contribution in [0.15, 0.2) is 6.08 Å². The molecule has 0 aliphatic carbocycles. The molecule has 1 aliphatic heterocycles. The standard InChI is InChI=1S/C14H17B4F2N3OS/c1-3-4-5-7-13(19,20)24-11-10(21-25-22-11)9-6-8-12(15,16)23(2)14(9,17)18/h6H,3-5,7-8H2,1-2H3. The molecule has 1 aromatic heterocycles. The minimum absolute atomic E-state index is 0.0764. The van der Waals surface area contributed by atoms with Crippen LogP contribution in [0.25, 0.3) is 5.57 Å². The highest BCUT2D eigenvalue weighted by Crippen LogP contribution is 2.40. The lowest BCUT2D eigenvalue weighted by Crippen LogP contribution is -2.63. The lowest BCUT2D eigenvalue weighted by atomic mass is 9.47. The van der Waals surface area contributed by atoms with E-state index in [2.05, 4.69) is 8.75 Å². The van der Waals surface area contributed by atoms with Gasteiger partial charge in [0.2, 0.25) is 0 Å². The van der Waals surface area contributed by atoms with Gasteiger partial charge in [0, 0.05) is 0 Å². The Kier molecular flexibility index (Phi) is 6.09. The number of aromatic nitrogens is 2. The fourth-order valence-corrected chi connectivity index (χ4v) is 3.06. The number of nitrogens with zero attached hydrogens (tertiary/aromatic N) is 3. The van der Waals surface area contributed by atoms with Crippen molar-refractivity contribution in [1.29, 1.82) is 0 Å². The summed E-state index contributed by atoms with van der Waals surface area (Å²) >= 11 is 0.739. The first-order chi connectivity index (χ1) is 11.5. The van der Waals surface area contributed by atoms with E-state index in [4.69, 9.17) is 36.1 Å². The summed E-state index contributed by atoms with van der Waals surface area (Å²) in [6.45, 7) is 1.94. The summed E-state index contributed by atoms with van der Waals surface area (Å²) < 4.78 is 40.7. The smallest absolute Gasteiger partial charge is 0.399 e. The van der Waals surface area contributed by atoms with Gasteiger partial charge in [-0.3, -0.25) is 0 Å². The minimum atomic E-state index is -3.35. The maximum absolute atomic E-state index is 14.0. The first kappa shape index (κ1) is 20.5. The van der Waals surface area contributed by atoms with E-state index >= 15 is 0 Å². The maximum Gasteiger partial charge on any atom is 0.399 e. The fraction of sp³-hybridized carbons (Fsp3) is 0.714. The van der Waals surface area contributed by atoms with Crippen LogP contribution >= 0.6 is 11.7 Å². The van der Waals surface area contributed by atoms with Gasteiger partial charge < -0.3 is 9.64 Å². The Balaban J connectivity index is 2.25. The summed E-state index contributed by atoms with van der Waals surface area (Å²) in [4.78, 5) is 1.36. The summed E-state index contributed by atoms with van der Waals surface area (Å²) in [5.41, 5.74) is 0.363. The van der Waals surface area contributed by atoms with Crippen molar-refractivity contribution < 1.29 is 13.5 Å². The number of hydrogen-bond donors (Lipinski definition) is 0. The van der Waals surface area contributed by atoms with Gasteiger partial charge in [0.15, 0.2) is 0 Å². The molecule has 2 heterocycles. The molecule has 2 rings (SSSR count). The van der Waals surface area contributed by atoms with Gasteiger partial charge >= 0.3 is 6.11 Å². The second-order valence-electron chi connectivity index (χ2n) is 6.31. The molecule has 0 saturated carbocycles. The van der Waals surface area contributed by atoms with E-state index in [1.807, 2.05) is 6.92 Å². The van der Waals surface area contributed by atoms with Crippen LogP contribution in [0.2, 0.25) is 0 Å². The van der Waals surface area contributed by atoms with E-state index in [0.717, 1.165) is 18.1 Å². The topological polar surface area (TPSA) is 38.3 Å². The van der Waals surface area contributed by atoms with Crippen molar-refractivity contribution in [2.24, 2.45) is 0 Å². The van der Waals surface area contributed by atoms with Gasteiger partial charge in [0.25, 0.3) is 5.88 Å². The van der Waals surface area contributed by atoms with Crippen LogP contribution in [-0.2, 0) is 0 Å². The highest BCUT2D eigenvalue weighted by Gasteiger charge is 2.42. The van der Waals surface area contributed by atoms with Crippen LogP contribution in [0.4, 0.5) is 8.78 Å². The molecule has 11 heteroatoms. The molecule has 0 N–H and O–H groups in total. The molecule has 4 nitrogen and oxygen atoms in total. The number of unbranched alkanes of at least 4 members (excludes halogenated alkanes) is 2. The van der Waals surface area contributed by atoms with Gasteiger partial charge in [-0.15, -0.1) is 4.37 Å². The van der Waals surface area contributed by atoms with Crippen LogP contribution in [0.1, 0.15) is 44.7 Å². The molecule has 0 amide bonds. The average Bonchev–Trinajstić information content (AvgIpc) is 2.92. The molecular weight excluding hydrogens is 339 g/mol. The Morgan fingerprint density at radius 2 is 1.96 bits per heavy atom. The number of likely N-dealkylation sites (N-methyl/N-ethyl adjacent to an activating group) is 1. The van der Waals surface area contributed by atoms with Gasteiger partial charge in [0.1, 0.15) is 5.69 Å². The van der Waals surface area contributed by atoms with Crippen molar-refractivity contribution in [2.75, 3.05) is 7.05 Å². The Morgan fingerprint density at radius 1 is 1.28 bits per heavy atom. The van der Waals surface area contributed by atoms with Crippen LogP contribution in [0, 0.1) is 0 Å². The number of halogens is 2. The lowest BCUT2D eigenvalue weighted by molar-refractivity contribution is -0.183. The van der Waals surface area contributed by atoms with Crippen LogP contribution in [0.3, 0.4) is 0 Å². The van der Waals surface area contributed by atoms with E-state index in [1.165, 1.54) is 4.90 Å². The molecular formula is C14H17B4F2N3OS. The van der Waals surface area contributed by atoms with Crippen molar-refractivity contribution in [2.45, 2.75) is 55.8 Å². The van der Waals surface area contributed by atoms with Crippen LogP contribution < -0.4 is 4.74 Å². The van der Waals surface area contributed by atoms with Crippen molar-refractivity contribution in [1.82, 2.24) is 13.6 Å². The van der Waals surface area contributed by atoms with Crippen molar-refractivity contribution >= 4 is 48.7 Å². The van der Waals surface area contributed by atoms with Gasteiger partial charge in [-0.25, -0.2) is 0 Å². The minimum Gasteiger partial charge on any atom is -0.411 e. The monoisotopic (exact) mass is 357 g/mol. The second kappa shape index (κ2) is 7.43. The third kappa shape index (κ3) is 4.48. The van der Waals surface area contributed by atoms with Gasteiger partial charge in [-0.05, 0) is 30.8 Å². The number of alkyl halides is 2. The van der Waals surface area contributed by atoms with Gasteiger partial charge in [0.05, 0.1) is 49.5 Å². The highest BCUT2D eigenvalue weighted by atomic mass is 32.1. The van der Waals surface area contributed by atoms with E-state index in [9.17, 15) is 8.78 Å². The van der Waals surface area contributed by atoms with Gasteiger partial charge in [-0.1, -0.05) is 31.2 Å². The molecule has 1 aliphatic rings. The van der Waals surface area contributed by atoms with Crippen molar-refractivity contribution in [3.63, 3.8) is 0 Å². The molecule has 0 aromatic carbocycles. The summed E-state index contributed by atoms with van der Waals surface area (Å²) in [7, 11) is 25.7. The molecule has 0 atom stereocenters. The predicted molar refractivity (Wildman–Crippen MR) is 98.5 cm³/mol. The zero-order chi connectivity index (χ0) is 18.9. The molecule has 1 aromatic rings. The molecule has 8 radical (unpaired) electrons. The maximum atomic E-state index is 14.0. The predicted octanol–water partition coefficient (Wildman–Crippen LogP) is 1.79. The zero-order valence-electron chi connectivity index (χ0n) is 14.3. The van der Waals surface area contributed by atoms with Crippen LogP contribution in [0.5, 0.6) is 5.88 Å². The summed E-state index contributed by atoms with van der Waals surface area (Å²) in [6, 6.07) is 0. The summed E-state index contributed by atoms with van der Waals surface area (Å²) in [5.74, 6) is -0.298.